The first kappa shape index (κ1) is 17.8. The first-order chi connectivity index (χ1) is 11.1. The first-order valence-corrected chi connectivity index (χ1v) is 8.89. The SMILES string of the molecule is CC(SCc1ccccc1)C(=O)NC(C(=O)O)C1CCCOC1. The van der Waals surface area contributed by atoms with E-state index >= 15 is 0 Å². The zero-order valence-electron chi connectivity index (χ0n) is 13.2. The fourth-order valence-corrected chi connectivity index (χ4v) is 3.41. The Hall–Kier alpha value is -1.53. The van der Waals surface area contributed by atoms with Gasteiger partial charge in [0.05, 0.1) is 11.9 Å². The smallest absolute Gasteiger partial charge is 0.326 e. The molecular weight excluding hydrogens is 314 g/mol. The molecular formula is C17H23NO4S. The Morgan fingerprint density at radius 1 is 1.39 bits per heavy atom. The molecule has 3 unspecified atom stereocenters. The molecule has 2 rings (SSSR count). The maximum Gasteiger partial charge on any atom is 0.326 e. The van der Waals surface area contributed by atoms with Gasteiger partial charge in [-0.05, 0) is 25.3 Å². The Morgan fingerprint density at radius 2 is 2.13 bits per heavy atom. The number of hydrogen-bond donors (Lipinski definition) is 2. The van der Waals surface area contributed by atoms with E-state index in [2.05, 4.69) is 5.32 Å². The number of rotatable bonds is 7. The number of nitrogens with one attached hydrogen (secondary N) is 1. The molecule has 2 N–H and O–H groups in total. The molecule has 0 saturated carbocycles. The number of carbonyl (C=O) groups is 2. The van der Waals surface area contributed by atoms with Crippen LogP contribution in [0.1, 0.15) is 25.3 Å². The van der Waals surface area contributed by atoms with Crippen molar-refractivity contribution >= 4 is 23.6 Å². The van der Waals surface area contributed by atoms with Crippen LogP contribution in [0.5, 0.6) is 0 Å². The predicted molar refractivity (Wildman–Crippen MR) is 90.3 cm³/mol. The molecule has 126 valence electrons. The highest BCUT2D eigenvalue weighted by Crippen LogP contribution is 2.20. The quantitative estimate of drug-likeness (QED) is 0.798. The summed E-state index contributed by atoms with van der Waals surface area (Å²) in [5.74, 6) is -0.658. The summed E-state index contributed by atoms with van der Waals surface area (Å²) in [5.41, 5.74) is 1.15. The van der Waals surface area contributed by atoms with Gasteiger partial charge in [-0.3, -0.25) is 4.79 Å². The lowest BCUT2D eigenvalue weighted by Gasteiger charge is -2.28. The lowest BCUT2D eigenvalue weighted by atomic mass is 9.93. The normalized spacial score (nSPS) is 20.5. The van der Waals surface area contributed by atoms with Gasteiger partial charge in [0.15, 0.2) is 0 Å². The second-order valence-electron chi connectivity index (χ2n) is 5.74. The van der Waals surface area contributed by atoms with Gasteiger partial charge in [0.1, 0.15) is 6.04 Å². The summed E-state index contributed by atoms with van der Waals surface area (Å²) in [4.78, 5) is 23.7. The minimum absolute atomic E-state index is 0.156. The van der Waals surface area contributed by atoms with Crippen molar-refractivity contribution in [3.63, 3.8) is 0 Å². The maximum absolute atomic E-state index is 12.3. The third-order valence-corrected chi connectivity index (χ3v) is 5.16. The van der Waals surface area contributed by atoms with Crippen LogP contribution in [-0.4, -0.2) is 41.5 Å². The predicted octanol–water partition coefficient (Wildman–Crippen LogP) is 2.30. The fourth-order valence-electron chi connectivity index (χ4n) is 2.55. The van der Waals surface area contributed by atoms with Crippen molar-refractivity contribution in [2.45, 2.75) is 36.8 Å². The molecule has 1 aliphatic heterocycles. The highest BCUT2D eigenvalue weighted by molar-refractivity contribution is 7.99. The Labute approximate surface area is 140 Å². The van der Waals surface area contributed by atoms with Gasteiger partial charge in [0.2, 0.25) is 5.91 Å². The zero-order valence-corrected chi connectivity index (χ0v) is 14.1. The topological polar surface area (TPSA) is 75.6 Å². The number of carbonyl (C=O) groups excluding carboxylic acids is 1. The van der Waals surface area contributed by atoms with Gasteiger partial charge in [0, 0.05) is 18.3 Å². The van der Waals surface area contributed by atoms with E-state index in [0.29, 0.717) is 13.2 Å². The third kappa shape index (κ3) is 5.55. The molecule has 3 atom stereocenters. The minimum Gasteiger partial charge on any atom is -0.480 e. The van der Waals surface area contributed by atoms with Crippen LogP contribution in [0.15, 0.2) is 30.3 Å². The summed E-state index contributed by atoms with van der Waals surface area (Å²) in [5, 5.41) is 11.8. The van der Waals surface area contributed by atoms with Gasteiger partial charge >= 0.3 is 5.97 Å². The fraction of sp³-hybridized carbons (Fsp3) is 0.529. The van der Waals surface area contributed by atoms with Crippen molar-refractivity contribution in [3.05, 3.63) is 35.9 Å². The average molecular weight is 337 g/mol. The minimum atomic E-state index is -0.992. The summed E-state index contributed by atoms with van der Waals surface area (Å²) < 4.78 is 5.34. The molecule has 1 amide bonds. The third-order valence-electron chi connectivity index (χ3n) is 3.94. The molecule has 1 aromatic carbocycles. The van der Waals surface area contributed by atoms with Crippen molar-refractivity contribution < 1.29 is 19.4 Å². The number of benzene rings is 1. The summed E-state index contributed by atoms with van der Waals surface area (Å²) in [6.07, 6.45) is 1.60. The summed E-state index contributed by atoms with van der Waals surface area (Å²) in [7, 11) is 0. The molecule has 0 aliphatic carbocycles. The number of aliphatic carboxylic acids is 1. The first-order valence-electron chi connectivity index (χ1n) is 7.84. The van der Waals surface area contributed by atoms with Crippen LogP contribution in [0.2, 0.25) is 0 Å². The van der Waals surface area contributed by atoms with Crippen LogP contribution in [0.3, 0.4) is 0 Å². The second-order valence-corrected chi connectivity index (χ2v) is 7.07. The largest absolute Gasteiger partial charge is 0.480 e. The van der Waals surface area contributed by atoms with Gasteiger partial charge in [-0.25, -0.2) is 4.79 Å². The van der Waals surface area contributed by atoms with Crippen molar-refractivity contribution in [2.24, 2.45) is 5.92 Å². The number of amides is 1. The zero-order chi connectivity index (χ0) is 16.7. The van der Waals surface area contributed by atoms with Crippen LogP contribution in [0.4, 0.5) is 0 Å². The number of carboxylic acid groups (broad SMARTS) is 1. The standard InChI is InChI=1S/C17H23NO4S/c1-12(23-11-13-6-3-2-4-7-13)16(19)18-15(17(20)21)14-8-5-9-22-10-14/h2-4,6-7,12,14-15H,5,8-11H2,1H3,(H,18,19)(H,20,21). The van der Waals surface area contributed by atoms with E-state index in [4.69, 9.17) is 4.74 Å². The molecule has 1 heterocycles. The highest BCUT2D eigenvalue weighted by Gasteiger charge is 2.32. The number of carboxylic acids is 1. The lowest BCUT2D eigenvalue weighted by molar-refractivity contribution is -0.145. The molecule has 0 bridgehead atoms. The van der Waals surface area contributed by atoms with Gasteiger partial charge < -0.3 is 15.2 Å². The van der Waals surface area contributed by atoms with Gasteiger partial charge in [-0.1, -0.05) is 30.3 Å². The Balaban J connectivity index is 1.86. The molecule has 0 aromatic heterocycles. The van der Waals surface area contributed by atoms with Crippen LogP contribution in [0, 0.1) is 5.92 Å². The molecule has 0 spiro atoms. The van der Waals surface area contributed by atoms with Crippen LogP contribution in [0.25, 0.3) is 0 Å². The van der Waals surface area contributed by atoms with Crippen LogP contribution >= 0.6 is 11.8 Å². The van der Waals surface area contributed by atoms with E-state index in [1.54, 1.807) is 6.92 Å². The number of ether oxygens (including phenoxy) is 1. The number of thioether (sulfide) groups is 1. The van der Waals surface area contributed by atoms with E-state index in [9.17, 15) is 14.7 Å². The molecule has 0 radical (unpaired) electrons. The van der Waals surface area contributed by atoms with Crippen molar-refractivity contribution in [2.75, 3.05) is 13.2 Å². The molecule has 1 aromatic rings. The monoisotopic (exact) mass is 337 g/mol. The van der Waals surface area contributed by atoms with Crippen molar-refractivity contribution in [3.8, 4) is 0 Å². The van der Waals surface area contributed by atoms with E-state index in [0.717, 1.165) is 24.2 Å². The Kier molecular flexibility index (Phi) is 6.92. The van der Waals surface area contributed by atoms with Crippen LogP contribution < -0.4 is 5.32 Å². The van der Waals surface area contributed by atoms with Crippen molar-refractivity contribution in [1.29, 1.82) is 0 Å². The summed E-state index contributed by atoms with van der Waals surface area (Å²) >= 11 is 1.50. The van der Waals surface area contributed by atoms with E-state index in [1.165, 1.54) is 11.8 Å². The molecule has 5 nitrogen and oxygen atoms in total. The van der Waals surface area contributed by atoms with Gasteiger partial charge in [-0.2, -0.15) is 0 Å². The molecule has 1 fully saturated rings. The molecule has 6 heteroatoms. The van der Waals surface area contributed by atoms with E-state index in [-0.39, 0.29) is 17.1 Å². The number of hydrogen-bond acceptors (Lipinski definition) is 4. The van der Waals surface area contributed by atoms with Gasteiger partial charge in [0.25, 0.3) is 0 Å². The second kappa shape index (κ2) is 8.93. The lowest BCUT2D eigenvalue weighted by Crippen LogP contribution is -2.50. The average Bonchev–Trinajstić information content (AvgIpc) is 2.58. The van der Waals surface area contributed by atoms with Crippen LogP contribution in [-0.2, 0) is 20.1 Å². The molecule has 1 saturated heterocycles. The summed E-state index contributed by atoms with van der Waals surface area (Å²) in [6.45, 7) is 2.86. The van der Waals surface area contributed by atoms with Crippen molar-refractivity contribution in [1.82, 2.24) is 5.32 Å². The Bertz CT molecular complexity index is 517. The highest BCUT2D eigenvalue weighted by atomic mass is 32.2. The molecule has 23 heavy (non-hydrogen) atoms. The molecule has 1 aliphatic rings. The Morgan fingerprint density at radius 3 is 2.74 bits per heavy atom. The maximum atomic E-state index is 12.3. The van der Waals surface area contributed by atoms with E-state index in [1.807, 2.05) is 30.3 Å². The summed E-state index contributed by atoms with van der Waals surface area (Å²) in [6, 6.07) is 9.03. The van der Waals surface area contributed by atoms with E-state index < -0.39 is 12.0 Å². The van der Waals surface area contributed by atoms with Gasteiger partial charge in [-0.15, -0.1) is 11.8 Å².